The number of fused-ring (bicyclic) bond motifs is 1. The van der Waals surface area contributed by atoms with E-state index in [0.29, 0.717) is 18.6 Å². The maximum atomic E-state index is 12.6. The summed E-state index contributed by atoms with van der Waals surface area (Å²) in [5.41, 5.74) is 1.76. The van der Waals surface area contributed by atoms with Crippen LogP contribution in [0, 0.1) is 0 Å². The van der Waals surface area contributed by atoms with Gasteiger partial charge < -0.3 is 15.5 Å². The largest absolute Gasteiger partial charge is 0.349 e. The number of nitrogens with one attached hydrogen (secondary N) is 2. The van der Waals surface area contributed by atoms with Gasteiger partial charge in [-0.1, -0.05) is 6.07 Å². The van der Waals surface area contributed by atoms with Gasteiger partial charge in [-0.05, 0) is 43.9 Å². The molecule has 0 aromatic carbocycles. The minimum Gasteiger partial charge on any atom is -0.349 e. The summed E-state index contributed by atoms with van der Waals surface area (Å²) < 4.78 is 1.63. The van der Waals surface area contributed by atoms with Gasteiger partial charge in [-0.25, -0.2) is 4.98 Å². The molecule has 8 heteroatoms. The van der Waals surface area contributed by atoms with Crippen molar-refractivity contribution < 1.29 is 9.59 Å². The van der Waals surface area contributed by atoms with E-state index in [-0.39, 0.29) is 23.3 Å². The number of imidazole rings is 1. The molecule has 3 heterocycles. The number of amides is 2. The van der Waals surface area contributed by atoms with Crippen LogP contribution in [0.1, 0.15) is 26.7 Å². The van der Waals surface area contributed by atoms with Crippen molar-refractivity contribution in [2.45, 2.75) is 6.54 Å². The smallest absolute Gasteiger partial charge is 0.287 e. The molecule has 0 radical (unpaired) electrons. The normalized spacial score (nSPS) is 10.9. The number of carbonyl (C=O) groups is 2. The van der Waals surface area contributed by atoms with Crippen LogP contribution in [0.25, 0.3) is 5.52 Å². The fourth-order valence-electron chi connectivity index (χ4n) is 2.60. The van der Waals surface area contributed by atoms with Crippen molar-refractivity contribution in [3.05, 3.63) is 66.0 Å². The van der Waals surface area contributed by atoms with Gasteiger partial charge in [0.1, 0.15) is 0 Å². The Morgan fingerprint density at radius 3 is 2.59 bits per heavy atom. The number of likely N-dealkylation sites (N-methyl/N-ethyl adjacent to an activating group) is 1. The monoisotopic (exact) mass is 366 g/mol. The molecule has 0 bridgehead atoms. The van der Waals surface area contributed by atoms with Crippen LogP contribution >= 0.6 is 0 Å². The molecule has 0 unspecified atom stereocenters. The lowest BCUT2D eigenvalue weighted by molar-refractivity contribution is 0.0939. The summed E-state index contributed by atoms with van der Waals surface area (Å²) in [4.78, 5) is 35.4. The van der Waals surface area contributed by atoms with Crippen LogP contribution in [0.3, 0.4) is 0 Å². The topological polar surface area (TPSA) is 91.6 Å². The fraction of sp³-hybridized carbons (Fsp3) is 0.263. The zero-order valence-electron chi connectivity index (χ0n) is 15.3. The van der Waals surface area contributed by atoms with Gasteiger partial charge in [0.2, 0.25) is 5.82 Å². The van der Waals surface area contributed by atoms with E-state index in [1.54, 1.807) is 35.1 Å². The Balaban J connectivity index is 1.79. The summed E-state index contributed by atoms with van der Waals surface area (Å²) in [6, 6.07) is 9.03. The highest BCUT2D eigenvalue weighted by Crippen LogP contribution is 2.13. The molecule has 2 amide bonds. The number of hydrogen-bond acceptors (Lipinski definition) is 5. The molecule has 2 N–H and O–H groups in total. The van der Waals surface area contributed by atoms with Gasteiger partial charge in [-0.15, -0.1) is 0 Å². The molecule has 3 aromatic heterocycles. The summed E-state index contributed by atoms with van der Waals surface area (Å²) in [5.74, 6) is -0.466. The zero-order chi connectivity index (χ0) is 19.2. The Labute approximate surface area is 157 Å². The number of nitrogens with zero attached hydrogens (tertiary/aromatic N) is 4. The maximum absolute atomic E-state index is 12.6. The van der Waals surface area contributed by atoms with Gasteiger partial charge in [0, 0.05) is 38.2 Å². The first kappa shape index (κ1) is 18.5. The fourth-order valence-corrected chi connectivity index (χ4v) is 2.60. The molecule has 140 valence electrons. The number of pyridine rings is 2. The Bertz CT molecular complexity index is 936. The van der Waals surface area contributed by atoms with Crippen molar-refractivity contribution >= 4 is 17.3 Å². The molecule has 3 aromatic rings. The maximum Gasteiger partial charge on any atom is 0.287 e. The third-order valence-electron chi connectivity index (χ3n) is 4.01. The van der Waals surface area contributed by atoms with E-state index in [1.165, 1.54) is 0 Å². The van der Waals surface area contributed by atoms with Crippen LogP contribution in [0.5, 0.6) is 0 Å². The molecule has 0 atom stereocenters. The first-order valence-corrected chi connectivity index (χ1v) is 8.63. The van der Waals surface area contributed by atoms with E-state index in [2.05, 4.69) is 20.6 Å². The highest BCUT2D eigenvalue weighted by molar-refractivity contribution is 6.02. The van der Waals surface area contributed by atoms with E-state index in [0.717, 1.165) is 12.1 Å². The van der Waals surface area contributed by atoms with Crippen molar-refractivity contribution in [1.29, 1.82) is 0 Å². The zero-order valence-corrected chi connectivity index (χ0v) is 15.3. The number of hydrogen-bond donors (Lipinski definition) is 2. The number of carbonyl (C=O) groups excluding carboxylic acids is 2. The quantitative estimate of drug-likeness (QED) is 0.650. The van der Waals surface area contributed by atoms with Crippen molar-refractivity contribution in [3.8, 4) is 0 Å². The lowest BCUT2D eigenvalue weighted by atomic mass is 10.3. The molecule has 0 saturated heterocycles. The second-order valence-corrected chi connectivity index (χ2v) is 6.34. The van der Waals surface area contributed by atoms with Crippen molar-refractivity contribution in [2.24, 2.45) is 0 Å². The highest BCUT2D eigenvalue weighted by Gasteiger charge is 2.21. The molecule has 0 aliphatic carbocycles. The van der Waals surface area contributed by atoms with Gasteiger partial charge in [-0.3, -0.25) is 19.0 Å². The minimum atomic E-state index is -0.347. The summed E-state index contributed by atoms with van der Waals surface area (Å²) in [5, 5.41) is 5.67. The highest BCUT2D eigenvalue weighted by atomic mass is 16.2. The molecule has 0 spiro atoms. The second-order valence-electron chi connectivity index (χ2n) is 6.34. The van der Waals surface area contributed by atoms with Gasteiger partial charge >= 0.3 is 0 Å². The molecule has 0 aliphatic rings. The molecular weight excluding hydrogens is 344 g/mol. The molecule has 27 heavy (non-hydrogen) atoms. The Hall–Kier alpha value is -3.26. The second kappa shape index (κ2) is 8.41. The van der Waals surface area contributed by atoms with Crippen molar-refractivity contribution in [1.82, 2.24) is 29.9 Å². The van der Waals surface area contributed by atoms with Crippen LogP contribution in [0.4, 0.5) is 0 Å². The Morgan fingerprint density at radius 2 is 1.85 bits per heavy atom. The third kappa shape index (κ3) is 4.48. The predicted molar refractivity (Wildman–Crippen MR) is 101 cm³/mol. The number of rotatable bonds is 7. The summed E-state index contributed by atoms with van der Waals surface area (Å²) in [6.45, 7) is 1.57. The Kier molecular flexibility index (Phi) is 5.77. The van der Waals surface area contributed by atoms with E-state index in [9.17, 15) is 9.59 Å². The molecule has 0 aliphatic heterocycles. The van der Waals surface area contributed by atoms with Crippen LogP contribution in [0.15, 0.2) is 48.9 Å². The van der Waals surface area contributed by atoms with Gasteiger partial charge in [0.15, 0.2) is 5.69 Å². The first-order valence-electron chi connectivity index (χ1n) is 8.63. The Morgan fingerprint density at radius 1 is 1.07 bits per heavy atom. The average Bonchev–Trinajstić information content (AvgIpc) is 3.06. The lowest BCUT2D eigenvalue weighted by Crippen LogP contribution is -2.31. The first-order chi connectivity index (χ1) is 13.1. The molecule has 0 saturated carbocycles. The SMILES string of the molecule is CN(C)CCNC(=O)c1nc(C(=O)NCc2ccncc2)n2ccccc12. The molecule has 0 fully saturated rings. The lowest BCUT2D eigenvalue weighted by Gasteiger charge is -2.09. The van der Waals surface area contributed by atoms with Gasteiger partial charge in [0.25, 0.3) is 11.8 Å². The van der Waals surface area contributed by atoms with Crippen LogP contribution < -0.4 is 10.6 Å². The van der Waals surface area contributed by atoms with Crippen LogP contribution in [0.2, 0.25) is 0 Å². The van der Waals surface area contributed by atoms with E-state index in [1.807, 2.05) is 37.2 Å². The molecule has 8 nitrogen and oxygen atoms in total. The van der Waals surface area contributed by atoms with Gasteiger partial charge in [0.05, 0.1) is 5.52 Å². The molecule has 3 rings (SSSR count). The van der Waals surface area contributed by atoms with Crippen LogP contribution in [-0.4, -0.2) is 58.3 Å². The minimum absolute atomic E-state index is 0.178. The van der Waals surface area contributed by atoms with Crippen LogP contribution in [-0.2, 0) is 6.54 Å². The van der Waals surface area contributed by atoms with Gasteiger partial charge in [-0.2, -0.15) is 0 Å². The number of aromatic nitrogens is 3. The standard InChI is InChI=1S/C19H22N6O2/c1-24(2)12-10-21-18(26)16-15-5-3-4-11-25(15)17(23-16)19(27)22-13-14-6-8-20-9-7-14/h3-9,11H,10,12-13H2,1-2H3,(H,21,26)(H,22,27). The third-order valence-corrected chi connectivity index (χ3v) is 4.01. The average molecular weight is 366 g/mol. The summed E-state index contributed by atoms with van der Waals surface area (Å²) >= 11 is 0. The van der Waals surface area contributed by atoms with Crippen molar-refractivity contribution in [3.63, 3.8) is 0 Å². The molecular formula is C19H22N6O2. The van der Waals surface area contributed by atoms with Crippen molar-refractivity contribution in [2.75, 3.05) is 27.2 Å². The summed E-state index contributed by atoms with van der Waals surface area (Å²) in [6.07, 6.45) is 5.06. The summed E-state index contributed by atoms with van der Waals surface area (Å²) in [7, 11) is 3.87. The predicted octanol–water partition coefficient (Wildman–Crippen LogP) is 0.951. The van der Waals surface area contributed by atoms with E-state index in [4.69, 9.17) is 0 Å². The van der Waals surface area contributed by atoms with E-state index >= 15 is 0 Å². The van der Waals surface area contributed by atoms with E-state index < -0.39 is 0 Å².